The van der Waals surface area contributed by atoms with Gasteiger partial charge in [-0.2, -0.15) is 0 Å². The van der Waals surface area contributed by atoms with Crippen molar-refractivity contribution < 1.29 is 14.6 Å². The van der Waals surface area contributed by atoms with Crippen molar-refractivity contribution in [3.8, 4) is 5.75 Å². The molecule has 0 aliphatic carbocycles. The highest BCUT2D eigenvalue weighted by Gasteiger charge is 2.17. The summed E-state index contributed by atoms with van der Waals surface area (Å²) in [5.41, 5.74) is 1.22. The maximum atomic E-state index is 11.1. The van der Waals surface area contributed by atoms with Crippen LogP contribution in [0.25, 0.3) is 0 Å². The van der Waals surface area contributed by atoms with Crippen LogP contribution in [0.2, 0.25) is 0 Å². The average molecular weight is 265 g/mol. The molecule has 0 radical (unpaired) electrons. The van der Waals surface area contributed by atoms with Gasteiger partial charge >= 0.3 is 5.97 Å². The van der Waals surface area contributed by atoms with Gasteiger partial charge in [0, 0.05) is 12.5 Å². The van der Waals surface area contributed by atoms with E-state index in [2.05, 4.69) is 12.2 Å². The molecule has 1 atom stereocenters. The second-order valence-electron chi connectivity index (χ2n) is 4.85. The van der Waals surface area contributed by atoms with Crippen LogP contribution < -0.4 is 10.1 Å². The van der Waals surface area contributed by atoms with Crippen LogP contribution in [0.15, 0.2) is 24.3 Å². The minimum absolute atomic E-state index is 0.143. The molecule has 0 aromatic heterocycles. The number of carbonyl (C=O) groups is 1. The Balaban J connectivity index is 2.44. The van der Waals surface area contributed by atoms with E-state index < -0.39 is 12.0 Å². The Bertz CT molecular complexity index is 404. The first-order valence-corrected chi connectivity index (χ1v) is 6.73. The lowest BCUT2D eigenvalue weighted by atomic mass is 10.1. The van der Waals surface area contributed by atoms with E-state index in [1.165, 1.54) is 5.56 Å². The van der Waals surface area contributed by atoms with Crippen LogP contribution in [-0.2, 0) is 11.2 Å². The van der Waals surface area contributed by atoms with Gasteiger partial charge in [0.05, 0.1) is 6.61 Å². The Morgan fingerprint density at radius 1 is 1.42 bits per heavy atom. The molecule has 2 N–H and O–H groups in total. The molecule has 0 aliphatic rings. The highest BCUT2D eigenvalue weighted by atomic mass is 16.5. The lowest BCUT2D eigenvalue weighted by Crippen LogP contribution is -2.41. The number of carboxylic acid groups (broad SMARTS) is 1. The van der Waals surface area contributed by atoms with Crippen molar-refractivity contribution in [1.29, 1.82) is 0 Å². The van der Waals surface area contributed by atoms with Crippen LogP contribution in [0.1, 0.15) is 32.8 Å². The van der Waals surface area contributed by atoms with E-state index in [0.29, 0.717) is 13.0 Å². The van der Waals surface area contributed by atoms with Gasteiger partial charge in [-0.05, 0) is 24.1 Å². The minimum atomic E-state index is -0.834. The van der Waals surface area contributed by atoms with Gasteiger partial charge in [-0.3, -0.25) is 4.79 Å². The van der Waals surface area contributed by atoms with Crippen molar-refractivity contribution in [2.45, 2.75) is 45.7 Å². The van der Waals surface area contributed by atoms with Gasteiger partial charge in [0.2, 0.25) is 0 Å². The third-order valence-electron chi connectivity index (χ3n) is 2.81. The van der Waals surface area contributed by atoms with Gasteiger partial charge in [0.1, 0.15) is 11.8 Å². The predicted molar refractivity (Wildman–Crippen MR) is 75.6 cm³/mol. The second kappa shape index (κ2) is 7.79. The summed E-state index contributed by atoms with van der Waals surface area (Å²) in [5, 5.41) is 12.1. The van der Waals surface area contributed by atoms with Crippen LogP contribution in [-0.4, -0.2) is 29.8 Å². The summed E-state index contributed by atoms with van der Waals surface area (Å²) in [6.07, 6.45) is 1.41. The van der Waals surface area contributed by atoms with E-state index in [4.69, 9.17) is 9.84 Å². The van der Waals surface area contributed by atoms with Gasteiger partial charge in [0.25, 0.3) is 0 Å². The molecule has 0 saturated carbocycles. The molecule has 0 bridgehead atoms. The number of aliphatic carboxylic acids is 1. The third kappa shape index (κ3) is 5.75. The lowest BCUT2D eigenvalue weighted by Gasteiger charge is -2.17. The van der Waals surface area contributed by atoms with E-state index in [1.807, 2.05) is 38.1 Å². The van der Waals surface area contributed by atoms with Gasteiger partial charge in [0.15, 0.2) is 0 Å². The molecule has 19 heavy (non-hydrogen) atoms. The third-order valence-corrected chi connectivity index (χ3v) is 2.81. The van der Waals surface area contributed by atoms with Crippen LogP contribution in [0.5, 0.6) is 5.75 Å². The quantitative estimate of drug-likeness (QED) is 0.758. The Morgan fingerprint density at radius 3 is 2.74 bits per heavy atom. The molecule has 4 nitrogen and oxygen atoms in total. The standard InChI is InChI=1S/C15H23NO3/c1-4-12-6-5-7-13(10-12)19-9-8-14(15(17)18)16-11(2)3/h5-7,10-11,14,16H,4,8-9H2,1-3H3,(H,17,18). The van der Waals surface area contributed by atoms with Gasteiger partial charge in [-0.25, -0.2) is 0 Å². The van der Waals surface area contributed by atoms with E-state index in [0.717, 1.165) is 12.2 Å². The zero-order chi connectivity index (χ0) is 14.3. The van der Waals surface area contributed by atoms with Crippen LogP contribution in [0.3, 0.4) is 0 Å². The fourth-order valence-electron chi connectivity index (χ4n) is 1.83. The Hall–Kier alpha value is -1.55. The lowest BCUT2D eigenvalue weighted by molar-refractivity contribution is -0.140. The van der Waals surface area contributed by atoms with E-state index in [-0.39, 0.29) is 6.04 Å². The van der Waals surface area contributed by atoms with Crippen molar-refractivity contribution >= 4 is 5.97 Å². The molecular weight excluding hydrogens is 242 g/mol. The summed E-state index contributed by atoms with van der Waals surface area (Å²) in [6, 6.07) is 7.47. The smallest absolute Gasteiger partial charge is 0.320 e. The maximum absolute atomic E-state index is 11.1. The van der Waals surface area contributed by atoms with Crippen molar-refractivity contribution in [3.63, 3.8) is 0 Å². The first-order valence-electron chi connectivity index (χ1n) is 6.73. The van der Waals surface area contributed by atoms with E-state index in [1.54, 1.807) is 0 Å². The molecule has 1 unspecified atom stereocenters. The Kier molecular flexibility index (Phi) is 6.36. The highest BCUT2D eigenvalue weighted by molar-refractivity contribution is 5.73. The minimum Gasteiger partial charge on any atom is -0.494 e. The van der Waals surface area contributed by atoms with Crippen molar-refractivity contribution in [2.75, 3.05) is 6.61 Å². The summed E-state index contributed by atoms with van der Waals surface area (Å²) in [6.45, 7) is 6.35. The van der Waals surface area contributed by atoms with Crippen LogP contribution >= 0.6 is 0 Å². The molecule has 0 amide bonds. The number of benzene rings is 1. The summed E-state index contributed by atoms with van der Waals surface area (Å²) in [4.78, 5) is 11.1. The summed E-state index contributed by atoms with van der Waals surface area (Å²) in [5.74, 6) is -0.0346. The number of hydrogen-bond donors (Lipinski definition) is 2. The number of ether oxygens (including phenoxy) is 1. The molecule has 0 aliphatic heterocycles. The summed E-state index contributed by atoms with van der Waals surface area (Å²) < 4.78 is 5.61. The number of carboxylic acids is 1. The molecule has 106 valence electrons. The topological polar surface area (TPSA) is 58.6 Å². The maximum Gasteiger partial charge on any atom is 0.320 e. The number of nitrogens with one attached hydrogen (secondary N) is 1. The predicted octanol–water partition coefficient (Wildman–Crippen LogP) is 2.47. The monoisotopic (exact) mass is 265 g/mol. The molecule has 1 aromatic carbocycles. The fraction of sp³-hybridized carbons (Fsp3) is 0.533. The SMILES string of the molecule is CCc1cccc(OCCC(NC(C)C)C(=O)O)c1. The highest BCUT2D eigenvalue weighted by Crippen LogP contribution is 2.14. The first-order chi connectivity index (χ1) is 9.02. The second-order valence-corrected chi connectivity index (χ2v) is 4.85. The molecule has 0 heterocycles. The van der Waals surface area contributed by atoms with Crippen LogP contribution in [0, 0.1) is 0 Å². The van der Waals surface area contributed by atoms with E-state index in [9.17, 15) is 4.79 Å². The largest absolute Gasteiger partial charge is 0.494 e. The number of hydrogen-bond acceptors (Lipinski definition) is 3. The van der Waals surface area contributed by atoms with Gasteiger partial charge < -0.3 is 15.2 Å². The van der Waals surface area contributed by atoms with Gasteiger partial charge in [-0.1, -0.05) is 32.9 Å². The molecule has 0 fully saturated rings. The van der Waals surface area contributed by atoms with E-state index >= 15 is 0 Å². The molecule has 1 rings (SSSR count). The average Bonchev–Trinajstić information content (AvgIpc) is 2.37. The van der Waals surface area contributed by atoms with Crippen molar-refractivity contribution in [3.05, 3.63) is 29.8 Å². The molecule has 1 aromatic rings. The fourth-order valence-corrected chi connectivity index (χ4v) is 1.83. The zero-order valence-corrected chi connectivity index (χ0v) is 11.8. The number of aryl methyl sites for hydroxylation is 1. The van der Waals surface area contributed by atoms with Crippen molar-refractivity contribution in [1.82, 2.24) is 5.32 Å². The molecular formula is C15H23NO3. The summed E-state index contributed by atoms with van der Waals surface area (Å²) in [7, 11) is 0. The first kappa shape index (κ1) is 15.5. The number of rotatable bonds is 8. The normalized spacial score (nSPS) is 12.4. The molecule has 0 spiro atoms. The molecule has 4 heteroatoms. The van der Waals surface area contributed by atoms with Gasteiger partial charge in [-0.15, -0.1) is 0 Å². The van der Waals surface area contributed by atoms with Crippen molar-refractivity contribution in [2.24, 2.45) is 0 Å². The molecule has 0 saturated heterocycles. The zero-order valence-electron chi connectivity index (χ0n) is 11.8. The Morgan fingerprint density at radius 2 is 2.16 bits per heavy atom. The summed E-state index contributed by atoms with van der Waals surface area (Å²) >= 11 is 0. The Labute approximate surface area is 114 Å². The van der Waals surface area contributed by atoms with Crippen LogP contribution in [0.4, 0.5) is 0 Å².